The van der Waals surface area contributed by atoms with Crippen LogP contribution >= 0.6 is 46.3 Å². The Hall–Kier alpha value is -1.08. The van der Waals surface area contributed by atoms with E-state index < -0.39 is 0 Å². The van der Waals surface area contributed by atoms with Gasteiger partial charge in [-0.05, 0) is 29.5 Å². The zero-order valence-electron chi connectivity index (χ0n) is 9.30. The van der Waals surface area contributed by atoms with Gasteiger partial charge in [0.25, 0.3) is 0 Å². The van der Waals surface area contributed by atoms with E-state index in [0.717, 1.165) is 19.8 Å². The van der Waals surface area contributed by atoms with E-state index in [4.69, 9.17) is 23.2 Å². The number of aromatic amines is 1. The number of nitrogens with zero attached hydrogens (tertiary/aromatic N) is 3. The van der Waals surface area contributed by atoms with E-state index in [2.05, 4.69) is 20.4 Å². The fraction of sp³-hybridized carbons (Fsp3) is 0. The van der Waals surface area contributed by atoms with Crippen LogP contribution in [0.25, 0.3) is 10.4 Å². The topological polar surface area (TPSA) is 54.5 Å². The molecule has 0 saturated carbocycles. The summed E-state index contributed by atoms with van der Waals surface area (Å²) in [5.74, 6) is 0. The van der Waals surface area contributed by atoms with E-state index in [1.165, 1.54) is 11.8 Å². The van der Waals surface area contributed by atoms with Crippen molar-refractivity contribution in [3.63, 3.8) is 0 Å². The highest BCUT2D eigenvalue weighted by molar-refractivity contribution is 8.01. The normalized spacial score (nSPS) is 10.8. The fourth-order valence-corrected chi connectivity index (χ4v) is 3.53. The van der Waals surface area contributed by atoms with Crippen LogP contribution in [0, 0.1) is 0 Å². The molecule has 3 aromatic rings. The summed E-state index contributed by atoms with van der Waals surface area (Å²) in [4.78, 5) is 5.38. The molecule has 8 heteroatoms. The Labute approximate surface area is 127 Å². The van der Waals surface area contributed by atoms with Crippen LogP contribution in [0.4, 0.5) is 0 Å². The van der Waals surface area contributed by atoms with E-state index in [9.17, 15) is 0 Å². The zero-order chi connectivity index (χ0) is 13.2. The van der Waals surface area contributed by atoms with Crippen molar-refractivity contribution < 1.29 is 0 Å². The molecule has 3 rings (SSSR count). The molecule has 0 spiro atoms. The van der Waals surface area contributed by atoms with Crippen LogP contribution in [0.2, 0.25) is 10.0 Å². The van der Waals surface area contributed by atoms with Crippen molar-refractivity contribution >= 4 is 46.3 Å². The molecule has 1 aromatic carbocycles. The van der Waals surface area contributed by atoms with Crippen LogP contribution in [0.1, 0.15) is 0 Å². The molecule has 0 atom stereocenters. The summed E-state index contributed by atoms with van der Waals surface area (Å²) < 4.78 is 0.898. The van der Waals surface area contributed by atoms with Gasteiger partial charge in [0.2, 0.25) is 0 Å². The number of nitrogens with one attached hydrogen (secondary N) is 1. The van der Waals surface area contributed by atoms with Gasteiger partial charge in [-0.1, -0.05) is 29.3 Å². The molecule has 0 saturated heterocycles. The number of thiazole rings is 1. The Bertz CT molecular complexity index is 697. The van der Waals surface area contributed by atoms with Crippen molar-refractivity contribution in [2.45, 2.75) is 9.37 Å². The first-order valence-electron chi connectivity index (χ1n) is 5.17. The van der Waals surface area contributed by atoms with Gasteiger partial charge >= 0.3 is 0 Å². The minimum atomic E-state index is 0.540. The summed E-state index contributed by atoms with van der Waals surface area (Å²) in [6, 6.07) is 5.54. The maximum Gasteiger partial charge on any atom is 0.156 e. The molecule has 0 unspecified atom stereocenters. The Balaban J connectivity index is 1.86. The second kappa shape index (κ2) is 5.50. The minimum absolute atomic E-state index is 0.540. The number of hydrogen-bond acceptors (Lipinski definition) is 5. The van der Waals surface area contributed by atoms with Gasteiger partial charge in [-0.15, -0.1) is 16.4 Å². The molecule has 0 aliphatic rings. The van der Waals surface area contributed by atoms with Crippen LogP contribution in [0.3, 0.4) is 0 Å². The molecule has 0 radical (unpaired) electrons. The lowest BCUT2D eigenvalue weighted by Gasteiger charge is -1.99. The molecule has 0 aliphatic carbocycles. The zero-order valence-corrected chi connectivity index (χ0v) is 12.4. The third-order valence-corrected chi connectivity index (χ3v) is 5.04. The molecule has 96 valence electrons. The average molecular weight is 329 g/mol. The number of benzene rings is 1. The number of hydrogen-bond donors (Lipinski definition) is 1. The fourth-order valence-electron chi connectivity index (χ4n) is 1.42. The van der Waals surface area contributed by atoms with Gasteiger partial charge in [0.1, 0.15) is 5.03 Å². The van der Waals surface area contributed by atoms with Crippen molar-refractivity contribution in [3.05, 3.63) is 40.6 Å². The second-order valence-electron chi connectivity index (χ2n) is 3.53. The molecule has 2 aromatic heterocycles. The lowest BCUT2D eigenvalue weighted by molar-refractivity contribution is 0.911. The minimum Gasteiger partial charge on any atom is -0.237 e. The predicted octanol–water partition coefficient (Wildman–Crippen LogP) is 4.39. The summed E-state index contributed by atoms with van der Waals surface area (Å²) in [5, 5.41) is 12.2. The van der Waals surface area contributed by atoms with E-state index in [-0.39, 0.29) is 0 Å². The number of H-pyrrole nitrogens is 1. The highest BCUT2D eigenvalue weighted by Crippen LogP contribution is 2.36. The highest BCUT2D eigenvalue weighted by Gasteiger charge is 2.09. The van der Waals surface area contributed by atoms with Crippen molar-refractivity contribution in [3.8, 4) is 10.4 Å². The molecule has 0 amide bonds. The van der Waals surface area contributed by atoms with Gasteiger partial charge in [0, 0.05) is 6.20 Å². The molecule has 0 bridgehead atoms. The van der Waals surface area contributed by atoms with Crippen molar-refractivity contribution in [2.24, 2.45) is 0 Å². The quantitative estimate of drug-likeness (QED) is 0.774. The third-order valence-electron chi connectivity index (χ3n) is 2.27. The average Bonchev–Trinajstić information content (AvgIpc) is 3.05. The van der Waals surface area contributed by atoms with Crippen LogP contribution in [-0.2, 0) is 0 Å². The van der Waals surface area contributed by atoms with E-state index >= 15 is 0 Å². The Morgan fingerprint density at radius 1 is 1.16 bits per heavy atom. The van der Waals surface area contributed by atoms with Gasteiger partial charge in [-0.2, -0.15) is 10.3 Å². The number of halogens is 2. The van der Waals surface area contributed by atoms with Crippen molar-refractivity contribution in [2.75, 3.05) is 0 Å². The number of aromatic nitrogens is 4. The molecule has 1 N–H and O–H groups in total. The third kappa shape index (κ3) is 2.92. The molecular formula is C11H6Cl2N4S2. The monoisotopic (exact) mass is 328 g/mol. The molecule has 19 heavy (non-hydrogen) atoms. The first kappa shape index (κ1) is 12.9. The lowest BCUT2D eigenvalue weighted by atomic mass is 10.2. The Kier molecular flexibility index (Phi) is 3.74. The van der Waals surface area contributed by atoms with Gasteiger partial charge in [0.15, 0.2) is 4.34 Å². The molecule has 4 nitrogen and oxygen atoms in total. The van der Waals surface area contributed by atoms with Gasteiger partial charge in [-0.3, -0.25) is 0 Å². The lowest BCUT2D eigenvalue weighted by Crippen LogP contribution is -1.73. The Morgan fingerprint density at radius 3 is 2.79 bits per heavy atom. The van der Waals surface area contributed by atoms with Crippen LogP contribution in [0.5, 0.6) is 0 Å². The smallest absolute Gasteiger partial charge is 0.156 e. The summed E-state index contributed by atoms with van der Waals surface area (Å²) in [6.07, 6.45) is 3.47. The first-order valence-corrected chi connectivity index (χ1v) is 7.56. The van der Waals surface area contributed by atoms with E-state index in [1.807, 2.05) is 18.3 Å². The largest absolute Gasteiger partial charge is 0.237 e. The maximum atomic E-state index is 6.01. The molecule has 0 aliphatic heterocycles. The van der Waals surface area contributed by atoms with Gasteiger partial charge < -0.3 is 0 Å². The summed E-state index contributed by atoms with van der Waals surface area (Å²) in [7, 11) is 0. The van der Waals surface area contributed by atoms with Crippen LogP contribution in [0.15, 0.2) is 40.0 Å². The molecule has 2 heterocycles. The van der Waals surface area contributed by atoms with E-state index in [1.54, 1.807) is 23.6 Å². The van der Waals surface area contributed by atoms with Crippen LogP contribution < -0.4 is 0 Å². The van der Waals surface area contributed by atoms with Crippen molar-refractivity contribution in [1.29, 1.82) is 0 Å². The Morgan fingerprint density at radius 2 is 2.05 bits per heavy atom. The molecule has 0 fully saturated rings. The summed E-state index contributed by atoms with van der Waals surface area (Å²) >= 11 is 14.9. The number of rotatable bonds is 3. The predicted molar refractivity (Wildman–Crippen MR) is 78.1 cm³/mol. The maximum absolute atomic E-state index is 6.01. The second-order valence-corrected chi connectivity index (χ2v) is 6.64. The highest BCUT2D eigenvalue weighted by atomic mass is 35.5. The summed E-state index contributed by atoms with van der Waals surface area (Å²) in [5.41, 5.74) is 0.999. The first-order chi connectivity index (χ1) is 9.22. The SMILES string of the molecule is Clc1ccc(-c2cnc(Sc3cn[nH]n3)s2)cc1Cl. The standard InChI is InChI=1S/C11H6Cl2N4S2/c12-7-2-1-6(3-8(7)13)9-4-14-11(18-9)19-10-5-15-17-16-10/h1-5H,(H,15,16,17). The van der Waals surface area contributed by atoms with Crippen LogP contribution in [-0.4, -0.2) is 20.4 Å². The molecular weight excluding hydrogens is 323 g/mol. The van der Waals surface area contributed by atoms with E-state index in [0.29, 0.717) is 10.0 Å². The van der Waals surface area contributed by atoms with Crippen molar-refractivity contribution in [1.82, 2.24) is 20.4 Å². The van der Waals surface area contributed by atoms with Gasteiger partial charge in [0.05, 0.1) is 21.1 Å². The van der Waals surface area contributed by atoms with Gasteiger partial charge in [-0.25, -0.2) is 4.98 Å². The summed E-state index contributed by atoms with van der Waals surface area (Å²) in [6.45, 7) is 0.